The van der Waals surface area contributed by atoms with Crippen LogP contribution in [0.15, 0.2) is 0 Å². The lowest BCUT2D eigenvalue weighted by molar-refractivity contribution is -0.299. The molecule has 0 aromatic heterocycles. The van der Waals surface area contributed by atoms with Gasteiger partial charge in [0.15, 0.2) is 6.29 Å². The van der Waals surface area contributed by atoms with Crippen molar-refractivity contribution < 1.29 is 44.5 Å². The van der Waals surface area contributed by atoms with E-state index in [1.807, 2.05) is 44.8 Å². The molecule has 2 aliphatic rings. The average Bonchev–Trinajstić information content (AvgIpc) is 2.87. The first-order chi connectivity index (χ1) is 18.8. The van der Waals surface area contributed by atoms with Gasteiger partial charge >= 0.3 is 5.97 Å². The standard InChI is InChI=1S/C30H58N2O9/c1-12-22-30(8,38)25(35)20(6)32(11)15-16(2)14-29(7,37)26(18(4)23(33)19(5)27(36)40-22)41-28-24(34)21(31(9)10)13-17(3)39-28/h16-26,28,33-35,37-38H,12-15H2,1-11H3. The van der Waals surface area contributed by atoms with E-state index in [2.05, 4.69) is 0 Å². The van der Waals surface area contributed by atoms with Crippen LogP contribution in [0.4, 0.5) is 0 Å². The number of esters is 1. The van der Waals surface area contributed by atoms with Crippen LogP contribution in [0.3, 0.4) is 0 Å². The number of cyclic esters (lactones) is 1. The van der Waals surface area contributed by atoms with Crippen molar-refractivity contribution in [2.24, 2.45) is 17.8 Å². The molecule has 14 atom stereocenters. The van der Waals surface area contributed by atoms with Crippen molar-refractivity contribution in [1.82, 2.24) is 9.80 Å². The third-order valence-electron chi connectivity index (χ3n) is 9.46. The van der Waals surface area contributed by atoms with E-state index in [0.29, 0.717) is 13.0 Å². The molecule has 0 bridgehead atoms. The smallest absolute Gasteiger partial charge is 0.311 e. The summed E-state index contributed by atoms with van der Waals surface area (Å²) in [4.78, 5) is 17.1. The Hall–Kier alpha value is -0.890. The lowest BCUT2D eigenvalue weighted by Gasteiger charge is -2.46. The van der Waals surface area contributed by atoms with E-state index in [-0.39, 0.29) is 30.9 Å². The Labute approximate surface area is 246 Å². The summed E-state index contributed by atoms with van der Waals surface area (Å²) in [5, 5.41) is 57.0. The van der Waals surface area contributed by atoms with E-state index in [1.165, 1.54) is 13.8 Å². The molecule has 11 nitrogen and oxygen atoms in total. The summed E-state index contributed by atoms with van der Waals surface area (Å²) >= 11 is 0. The van der Waals surface area contributed by atoms with Crippen LogP contribution in [0.1, 0.15) is 74.7 Å². The number of hydrogen-bond acceptors (Lipinski definition) is 11. The third-order valence-corrected chi connectivity index (χ3v) is 9.46. The molecule has 2 fully saturated rings. The van der Waals surface area contributed by atoms with Gasteiger partial charge in [-0.15, -0.1) is 0 Å². The normalized spacial score (nSPS) is 48.4. The summed E-state index contributed by atoms with van der Waals surface area (Å²) in [5.41, 5.74) is -3.25. The van der Waals surface area contributed by atoms with Crippen LogP contribution in [-0.4, -0.2) is 135 Å². The van der Waals surface area contributed by atoms with Gasteiger partial charge in [-0.2, -0.15) is 0 Å². The number of aliphatic hydroxyl groups excluding tert-OH is 3. The molecule has 0 aliphatic carbocycles. The minimum absolute atomic E-state index is 0.0990. The molecular weight excluding hydrogens is 532 g/mol. The molecule has 2 heterocycles. The molecule has 0 spiro atoms. The number of likely N-dealkylation sites (N-methyl/N-ethyl adjacent to an activating group) is 2. The van der Waals surface area contributed by atoms with Crippen molar-refractivity contribution in [1.29, 1.82) is 0 Å². The SMILES string of the molecule is CCC1OC(=O)C(C)C(O)C(C)C(OC2OC(C)CC(N(C)C)C2O)C(C)(O)CC(C)CN(C)C(C)C(O)C1(C)O. The molecule has 14 unspecified atom stereocenters. The zero-order valence-electron chi connectivity index (χ0n) is 27.0. The monoisotopic (exact) mass is 590 g/mol. The third kappa shape index (κ3) is 8.39. The molecule has 242 valence electrons. The number of hydrogen-bond donors (Lipinski definition) is 5. The molecule has 0 amide bonds. The van der Waals surface area contributed by atoms with Gasteiger partial charge in [-0.05, 0) is 80.9 Å². The maximum absolute atomic E-state index is 13.3. The number of nitrogens with zero attached hydrogens (tertiary/aromatic N) is 2. The number of aliphatic hydroxyl groups is 5. The van der Waals surface area contributed by atoms with E-state index >= 15 is 0 Å². The van der Waals surface area contributed by atoms with Crippen molar-refractivity contribution in [2.75, 3.05) is 27.7 Å². The summed E-state index contributed by atoms with van der Waals surface area (Å²) in [7, 11) is 5.58. The van der Waals surface area contributed by atoms with Crippen LogP contribution < -0.4 is 0 Å². The van der Waals surface area contributed by atoms with E-state index in [9.17, 15) is 30.3 Å². The van der Waals surface area contributed by atoms with Gasteiger partial charge in [-0.25, -0.2) is 0 Å². The minimum atomic E-state index is -1.75. The van der Waals surface area contributed by atoms with Gasteiger partial charge in [-0.3, -0.25) is 4.79 Å². The first kappa shape index (κ1) is 36.3. The van der Waals surface area contributed by atoms with Crippen LogP contribution in [0, 0.1) is 17.8 Å². The van der Waals surface area contributed by atoms with Crippen LogP contribution >= 0.6 is 0 Å². The number of rotatable bonds is 4. The lowest BCUT2D eigenvalue weighted by atomic mass is 9.78. The Morgan fingerprint density at radius 2 is 1.63 bits per heavy atom. The predicted octanol–water partition coefficient (Wildman–Crippen LogP) is 0.976. The number of carbonyl (C=O) groups excluding carboxylic acids is 1. The maximum atomic E-state index is 13.3. The fraction of sp³-hybridized carbons (Fsp3) is 0.967. The van der Waals surface area contributed by atoms with Crippen molar-refractivity contribution >= 4 is 5.97 Å². The highest BCUT2D eigenvalue weighted by Gasteiger charge is 2.49. The second-order valence-electron chi connectivity index (χ2n) is 13.6. The first-order valence-corrected chi connectivity index (χ1v) is 15.1. The van der Waals surface area contributed by atoms with Crippen molar-refractivity contribution in [3.63, 3.8) is 0 Å². The highest BCUT2D eigenvalue weighted by atomic mass is 16.7. The Morgan fingerprint density at radius 3 is 2.17 bits per heavy atom. The van der Waals surface area contributed by atoms with Gasteiger partial charge < -0.3 is 49.5 Å². The van der Waals surface area contributed by atoms with Gasteiger partial charge in [-0.1, -0.05) is 20.8 Å². The molecule has 5 N–H and O–H groups in total. The van der Waals surface area contributed by atoms with Gasteiger partial charge in [0, 0.05) is 24.5 Å². The molecule has 2 aliphatic heterocycles. The first-order valence-electron chi connectivity index (χ1n) is 15.1. The van der Waals surface area contributed by atoms with Gasteiger partial charge in [0.2, 0.25) is 0 Å². The van der Waals surface area contributed by atoms with Gasteiger partial charge in [0.1, 0.15) is 23.9 Å². The average molecular weight is 591 g/mol. The quantitative estimate of drug-likeness (QED) is 0.298. The number of ether oxygens (including phenoxy) is 3. The summed E-state index contributed by atoms with van der Waals surface area (Å²) in [6, 6.07) is -0.733. The van der Waals surface area contributed by atoms with Crippen molar-refractivity contribution in [3.05, 3.63) is 0 Å². The van der Waals surface area contributed by atoms with Crippen LogP contribution in [0.5, 0.6) is 0 Å². The summed E-state index contributed by atoms with van der Waals surface area (Å²) in [6.07, 6.45) is -5.74. The van der Waals surface area contributed by atoms with E-state index < -0.39 is 71.9 Å². The van der Waals surface area contributed by atoms with Crippen LogP contribution in [0.25, 0.3) is 0 Å². The fourth-order valence-corrected chi connectivity index (χ4v) is 6.74. The number of carbonyl (C=O) groups is 1. The maximum Gasteiger partial charge on any atom is 0.311 e. The second-order valence-corrected chi connectivity index (χ2v) is 13.6. The van der Waals surface area contributed by atoms with Crippen LogP contribution in [-0.2, 0) is 19.0 Å². The highest BCUT2D eigenvalue weighted by molar-refractivity contribution is 5.73. The molecule has 0 aromatic rings. The topological polar surface area (TPSA) is 152 Å². The van der Waals surface area contributed by atoms with E-state index in [4.69, 9.17) is 14.2 Å². The Bertz CT molecular complexity index is 841. The molecular formula is C30H58N2O9. The summed E-state index contributed by atoms with van der Waals surface area (Å²) in [6.45, 7) is 14.2. The predicted molar refractivity (Wildman–Crippen MR) is 155 cm³/mol. The summed E-state index contributed by atoms with van der Waals surface area (Å²) < 4.78 is 18.1. The van der Waals surface area contributed by atoms with Crippen molar-refractivity contribution in [3.8, 4) is 0 Å². The fourth-order valence-electron chi connectivity index (χ4n) is 6.74. The largest absolute Gasteiger partial charge is 0.459 e. The van der Waals surface area contributed by atoms with Gasteiger partial charge in [0.05, 0.1) is 29.8 Å². The Kier molecular flexibility index (Phi) is 12.6. The highest BCUT2D eigenvalue weighted by Crippen LogP contribution is 2.36. The van der Waals surface area contributed by atoms with Gasteiger partial charge in [0.25, 0.3) is 0 Å². The van der Waals surface area contributed by atoms with Crippen LogP contribution in [0.2, 0.25) is 0 Å². The molecule has 2 saturated heterocycles. The molecule has 0 saturated carbocycles. The molecule has 11 heteroatoms. The van der Waals surface area contributed by atoms with E-state index in [0.717, 1.165) is 0 Å². The van der Waals surface area contributed by atoms with Crippen molar-refractivity contribution in [2.45, 2.75) is 141 Å². The second kappa shape index (κ2) is 14.3. The molecule has 2 rings (SSSR count). The molecule has 0 radical (unpaired) electrons. The minimum Gasteiger partial charge on any atom is -0.459 e. The van der Waals surface area contributed by atoms with E-state index in [1.54, 1.807) is 27.7 Å². The zero-order chi connectivity index (χ0) is 31.6. The zero-order valence-corrected chi connectivity index (χ0v) is 27.0. The molecule has 0 aromatic carbocycles. The lowest BCUT2D eigenvalue weighted by Crippen LogP contribution is -2.59. The molecule has 41 heavy (non-hydrogen) atoms. The Morgan fingerprint density at radius 1 is 1.05 bits per heavy atom. The Balaban J connectivity index is 2.52. The summed E-state index contributed by atoms with van der Waals surface area (Å²) in [5.74, 6) is -2.65.